The van der Waals surface area contributed by atoms with E-state index in [2.05, 4.69) is 11.6 Å². The van der Waals surface area contributed by atoms with E-state index in [0.29, 0.717) is 12.1 Å². The molecule has 2 aromatic rings. The molecule has 0 bridgehead atoms. The molecule has 0 aliphatic carbocycles. The van der Waals surface area contributed by atoms with Crippen LogP contribution in [-0.2, 0) is 15.8 Å². The summed E-state index contributed by atoms with van der Waals surface area (Å²) >= 11 is 0. The normalized spacial score (nSPS) is 13.0. The fraction of sp³-hybridized carbons (Fsp3) is 0.294. The molecule has 2 aromatic carbocycles. The van der Waals surface area contributed by atoms with E-state index in [-0.39, 0.29) is 17.5 Å². The average Bonchev–Trinajstić information content (AvgIpc) is 2.50. The maximum absolute atomic E-state index is 12.8. The molecule has 22 heavy (non-hydrogen) atoms. The summed E-state index contributed by atoms with van der Waals surface area (Å²) in [5, 5.41) is 0. The van der Waals surface area contributed by atoms with Crippen LogP contribution in [-0.4, -0.2) is 15.0 Å². The molecule has 0 aromatic heterocycles. The molecule has 0 saturated heterocycles. The molecule has 5 heteroatoms. The Morgan fingerprint density at radius 2 is 1.68 bits per heavy atom. The maximum Gasteiger partial charge on any atom is 0.215 e. The number of nitrogens with one attached hydrogen (secondary N) is 1. The number of hydrogen-bond acceptors (Lipinski definition) is 2. The van der Waals surface area contributed by atoms with Crippen LogP contribution in [0, 0.1) is 5.82 Å². The summed E-state index contributed by atoms with van der Waals surface area (Å²) < 4.78 is 39.4. The molecule has 0 amide bonds. The molecule has 0 spiro atoms. The zero-order valence-electron chi connectivity index (χ0n) is 12.5. The first kappa shape index (κ1) is 16.6. The first-order valence-electron chi connectivity index (χ1n) is 7.23. The summed E-state index contributed by atoms with van der Waals surface area (Å²) in [5.41, 5.74) is 1.77. The highest BCUT2D eigenvalue weighted by atomic mass is 32.2. The number of rotatable bonds is 7. The van der Waals surface area contributed by atoms with E-state index < -0.39 is 10.0 Å². The van der Waals surface area contributed by atoms with Crippen molar-refractivity contribution >= 4 is 10.0 Å². The zero-order chi connectivity index (χ0) is 16.0. The Morgan fingerprint density at radius 3 is 2.32 bits per heavy atom. The largest absolute Gasteiger partial charge is 0.215 e. The predicted molar refractivity (Wildman–Crippen MR) is 86.5 cm³/mol. The van der Waals surface area contributed by atoms with E-state index in [9.17, 15) is 12.8 Å². The van der Waals surface area contributed by atoms with Crippen LogP contribution >= 0.6 is 0 Å². The van der Waals surface area contributed by atoms with Crippen molar-refractivity contribution < 1.29 is 12.8 Å². The Morgan fingerprint density at radius 1 is 1.05 bits per heavy atom. The summed E-state index contributed by atoms with van der Waals surface area (Å²) in [7, 11) is -3.40. The van der Waals surface area contributed by atoms with Gasteiger partial charge in [-0.1, -0.05) is 49.4 Å². The van der Waals surface area contributed by atoms with E-state index in [1.807, 2.05) is 30.3 Å². The highest BCUT2D eigenvalue weighted by molar-refractivity contribution is 7.88. The van der Waals surface area contributed by atoms with Crippen molar-refractivity contribution in [1.29, 1.82) is 0 Å². The number of benzene rings is 2. The van der Waals surface area contributed by atoms with Gasteiger partial charge < -0.3 is 0 Å². The minimum Gasteiger partial charge on any atom is -0.215 e. The van der Waals surface area contributed by atoms with Gasteiger partial charge in [0.2, 0.25) is 10.0 Å². The molecule has 0 heterocycles. The molecular formula is C17H20FNO2S. The number of sulfonamides is 1. The first-order valence-corrected chi connectivity index (χ1v) is 8.88. The summed E-state index contributed by atoms with van der Waals surface area (Å²) in [4.78, 5) is 0. The lowest BCUT2D eigenvalue weighted by Crippen LogP contribution is -2.27. The first-order chi connectivity index (χ1) is 10.5. The minimum atomic E-state index is -3.40. The van der Waals surface area contributed by atoms with Crippen LogP contribution in [0.3, 0.4) is 0 Å². The van der Waals surface area contributed by atoms with Crippen molar-refractivity contribution in [1.82, 2.24) is 4.72 Å². The fourth-order valence-electron chi connectivity index (χ4n) is 2.23. The molecule has 0 fully saturated rings. The second-order valence-corrected chi connectivity index (χ2v) is 7.19. The summed E-state index contributed by atoms with van der Waals surface area (Å²) in [6, 6.07) is 15.5. The third kappa shape index (κ3) is 5.24. The van der Waals surface area contributed by atoms with Crippen molar-refractivity contribution in [2.24, 2.45) is 0 Å². The van der Waals surface area contributed by atoms with Crippen LogP contribution < -0.4 is 4.72 Å². The molecule has 3 nitrogen and oxygen atoms in total. The van der Waals surface area contributed by atoms with Gasteiger partial charge in [0.25, 0.3) is 0 Å². The molecule has 2 rings (SSSR count). The van der Waals surface area contributed by atoms with E-state index >= 15 is 0 Å². The topological polar surface area (TPSA) is 46.2 Å². The van der Waals surface area contributed by atoms with Crippen LogP contribution in [0.4, 0.5) is 4.39 Å². The van der Waals surface area contributed by atoms with Crippen LogP contribution in [0.1, 0.15) is 30.4 Å². The highest BCUT2D eigenvalue weighted by Gasteiger charge is 2.12. The maximum atomic E-state index is 12.8. The highest BCUT2D eigenvalue weighted by Crippen LogP contribution is 2.17. The van der Waals surface area contributed by atoms with Gasteiger partial charge in [0.15, 0.2) is 0 Å². The monoisotopic (exact) mass is 321 g/mol. The molecular weight excluding hydrogens is 301 g/mol. The lowest BCUT2D eigenvalue weighted by Gasteiger charge is -2.12. The average molecular weight is 321 g/mol. The fourth-order valence-corrected chi connectivity index (χ4v) is 3.39. The standard InChI is InChI=1S/C17H20FNO2S/c1-14(16-5-3-2-4-6-16)11-12-19-22(20,21)13-15-7-9-17(18)10-8-15/h2-10,14,19H,11-13H2,1H3. The summed E-state index contributed by atoms with van der Waals surface area (Å²) in [6.45, 7) is 2.46. The third-order valence-corrected chi connectivity index (χ3v) is 4.90. The van der Waals surface area contributed by atoms with Gasteiger partial charge >= 0.3 is 0 Å². The summed E-state index contributed by atoms with van der Waals surface area (Å²) in [6.07, 6.45) is 0.729. The smallest absolute Gasteiger partial charge is 0.215 e. The van der Waals surface area contributed by atoms with Gasteiger partial charge in [0, 0.05) is 6.54 Å². The molecule has 118 valence electrons. The van der Waals surface area contributed by atoms with Crippen molar-refractivity contribution in [2.75, 3.05) is 6.54 Å². The van der Waals surface area contributed by atoms with E-state index in [1.54, 1.807) is 0 Å². The van der Waals surface area contributed by atoms with E-state index in [4.69, 9.17) is 0 Å². The van der Waals surface area contributed by atoms with Crippen LogP contribution in [0.25, 0.3) is 0 Å². The summed E-state index contributed by atoms with van der Waals surface area (Å²) in [5.74, 6) is -0.215. The molecule has 0 saturated carbocycles. The third-order valence-electron chi connectivity index (χ3n) is 3.54. The Kier molecular flexibility index (Phi) is 5.69. The van der Waals surface area contributed by atoms with Gasteiger partial charge in [-0.25, -0.2) is 17.5 Å². The molecule has 0 aliphatic heterocycles. The number of hydrogen-bond donors (Lipinski definition) is 1. The van der Waals surface area contributed by atoms with E-state index in [1.165, 1.54) is 29.8 Å². The molecule has 1 N–H and O–H groups in total. The minimum absolute atomic E-state index is 0.132. The Bertz CT molecular complexity index is 684. The van der Waals surface area contributed by atoms with Gasteiger partial charge in [-0.2, -0.15) is 0 Å². The lowest BCUT2D eigenvalue weighted by atomic mass is 9.98. The Hall–Kier alpha value is -1.72. The Balaban J connectivity index is 1.84. The van der Waals surface area contributed by atoms with Crippen LogP contribution in [0.5, 0.6) is 0 Å². The van der Waals surface area contributed by atoms with Gasteiger partial charge in [0.1, 0.15) is 5.82 Å². The van der Waals surface area contributed by atoms with E-state index in [0.717, 1.165) is 6.42 Å². The zero-order valence-corrected chi connectivity index (χ0v) is 13.3. The van der Waals surface area contributed by atoms with Gasteiger partial charge in [-0.15, -0.1) is 0 Å². The van der Waals surface area contributed by atoms with Gasteiger partial charge in [-0.05, 0) is 35.6 Å². The number of halogens is 1. The molecule has 1 atom stereocenters. The Labute approximate surface area is 131 Å². The SMILES string of the molecule is CC(CCNS(=O)(=O)Cc1ccc(F)cc1)c1ccccc1. The van der Waals surface area contributed by atoms with Gasteiger partial charge in [0.05, 0.1) is 5.75 Å². The van der Waals surface area contributed by atoms with Gasteiger partial charge in [-0.3, -0.25) is 0 Å². The molecule has 0 radical (unpaired) electrons. The lowest BCUT2D eigenvalue weighted by molar-refractivity contribution is 0.571. The van der Waals surface area contributed by atoms with Crippen molar-refractivity contribution in [3.8, 4) is 0 Å². The quantitative estimate of drug-likeness (QED) is 0.849. The molecule has 0 aliphatic rings. The van der Waals surface area contributed by atoms with Crippen LogP contribution in [0.2, 0.25) is 0 Å². The second-order valence-electron chi connectivity index (χ2n) is 5.38. The van der Waals surface area contributed by atoms with Crippen LogP contribution in [0.15, 0.2) is 54.6 Å². The van der Waals surface area contributed by atoms with Crippen molar-refractivity contribution in [2.45, 2.75) is 25.0 Å². The predicted octanol–water partition coefficient (Wildman–Crippen LogP) is 3.44. The second kappa shape index (κ2) is 7.51. The molecule has 1 unspecified atom stereocenters. The van der Waals surface area contributed by atoms with Crippen molar-refractivity contribution in [3.63, 3.8) is 0 Å². The van der Waals surface area contributed by atoms with Crippen molar-refractivity contribution in [3.05, 3.63) is 71.5 Å².